The van der Waals surface area contributed by atoms with E-state index >= 15 is 0 Å². The van der Waals surface area contributed by atoms with Crippen LogP contribution in [0.15, 0.2) is 0 Å². The van der Waals surface area contributed by atoms with Gasteiger partial charge < -0.3 is 15.1 Å². The lowest BCUT2D eigenvalue weighted by molar-refractivity contribution is -0.139. The highest BCUT2D eigenvalue weighted by molar-refractivity contribution is 5.85. The Balaban J connectivity index is 0.00000180. The maximum Gasteiger partial charge on any atom is 0.225 e. The molecule has 0 spiro atoms. The number of carbonyl (C=O) groups is 1. The van der Waals surface area contributed by atoms with E-state index in [1.54, 1.807) is 0 Å². The summed E-state index contributed by atoms with van der Waals surface area (Å²) < 4.78 is 0. The van der Waals surface area contributed by atoms with E-state index in [0.717, 1.165) is 32.5 Å². The van der Waals surface area contributed by atoms with Crippen LogP contribution < -0.4 is 5.32 Å². The Bertz CT molecular complexity index is 313. The molecule has 20 heavy (non-hydrogen) atoms. The van der Waals surface area contributed by atoms with Crippen molar-refractivity contribution < 1.29 is 4.79 Å². The molecule has 120 valence electrons. The molecule has 0 bridgehead atoms. The number of hydrogen-bond donors (Lipinski definition) is 1. The highest BCUT2D eigenvalue weighted by Crippen LogP contribution is 2.24. The van der Waals surface area contributed by atoms with Crippen LogP contribution in [0.4, 0.5) is 0 Å². The maximum absolute atomic E-state index is 12.4. The minimum Gasteiger partial charge on any atom is -0.342 e. The minimum atomic E-state index is 0. The van der Waals surface area contributed by atoms with Crippen molar-refractivity contribution in [3.8, 4) is 0 Å². The van der Waals surface area contributed by atoms with Gasteiger partial charge in [-0.15, -0.1) is 24.8 Å². The van der Waals surface area contributed by atoms with Gasteiger partial charge in [0.25, 0.3) is 0 Å². The third-order valence-corrected chi connectivity index (χ3v) is 4.99. The Kier molecular flexibility index (Phi) is 8.41. The first-order valence-corrected chi connectivity index (χ1v) is 7.18. The van der Waals surface area contributed by atoms with Crippen molar-refractivity contribution in [3.63, 3.8) is 0 Å². The monoisotopic (exact) mass is 325 g/mol. The van der Waals surface area contributed by atoms with Crippen LogP contribution in [0.2, 0.25) is 0 Å². The molecule has 0 aromatic carbocycles. The van der Waals surface area contributed by atoms with Crippen LogP contribution in [-0.4, -0.2) is 61.5 Å². The van der Waals surface area contributed by atoms with Crippen molar-refractivity contribution in [2.75, 3.05) is 33.7 Å². The molecule has 6 heteroatoms. The van der Waals surface area contributed by atoms with Crippen LogP contribution in [0, 0.1) is 11.8 Å². The summed E-state index contributed by atoms with van der Waals surface area (Å²) in [5.41, 5.74) is 0. The number of hydrogen-bond acceptors (Lipinski definition) is 3. The van der Waals surface area contributed by atoms with Crippen molar-refractivity contribution in [1.29, 1.82) is 0 Å². The number of nitrogens with zero attached hydrogens (tertiary/aromatic N) is 2. The lowest BCUT2D eigenvalue weighted by atomic mass is 9.87. The molecule has 0 saturated carbocycles. The molecule has 2 rings (SSSR count). The molecule has 3 atom stereocenters. The highest BCUT2D eigenvalue weighted by atomic mass is 35.5. The Morgan fingerprint density at radius 2 is 1.95 bits per heavy atom. The number of halogens is 2. The Morgan fingerprint density at radius 1 is 1.35 bits per heavy atom. The van der Waals surface area contributed by atoms with E-state index < -0.39 is 0 Å². The quantitative estimate of drug-likeness (QED) is 0.856. The number of piperidine rings is 1. The van der Waals surface area contributed by atoms with Gasteiger partial charge in [0.05, 0.1) is 0 Å². The molecule has 0 aromatic rings. The number of nitrogens with one attached hydrogen (secondary N) is 1. The molecule has 2 saturated heterocycles. The van der Waals surface area contributed by atoms with Gasteiger partial charge >= 0.3 is 0 Å². The fraction of sp³-hybridized carbons (Fsp3) is 0.929. The molecule has 0 radical (unpaired) electrons. The molecule has 2 heterocycles. The minimum absolute atomic E-state index is 0. The molecule has 2 fully saturated rings. The number of rotatable bonds is 3. The predicted molar refractivity (Wildman–Crippen MR) is 87.9 cm³/mol. The summed E-state index contributed by atoms with van der Waals surface area (Å²) >= 11 is 0. The normalized spacial score (nSPS) is 28.6. The molecule has 1 amide bonds. The van der Waals surface area contributed by atoms with Crippen molar-refractivity contribution >= 4 is 30.7 Å². The van der Waals surface area contributed by atoms with E-state index in [-0.39, 0.29) is 30.7 Å². The smallest absolute Gasteiger partial charge is 0.225 e. The van der Waals surface area contributed by atoms with Crippen molar-refractivity contribution in [2.45, 2.75) is 38.8 Å². The molecule has 0 aromatic heterocycles. The van der Waals surface area contributed by atoms with E-state index in [1.165, 1.54) is 0 Å². The average molecular weight is 326 g/mol. The summed E-state index contributed by atoms with van der Waals surface area (Å²) in [6.07, 6.45) is 2.22. The van der Waals surface area contributed by atoms with Crippen LogP contribution in [0.25, 0.3) is 0 Å². The molecule has 2 aliphatic rings. The summed E-state index contributed by atoms with van der Waals surface area (Å²) in [6.45, 7) is 7.45. The molecule has 1 N–H and O–H groups in total. The van der Waals surface area contributed by atoms with E-state index in [0.29, 0.717) is 23.9 Å². The molecule has 4 nitrogen and oxygen atoms in total. The third kappa shape index (κ3) is 4.23. The first kappa shape index (κ1) is 20.0. The number of likely N-dealkylation sites (tertiary alicyclic amines) is 1. The molecule has 2 aliphatic heterocycles. The molecular formula is C14H29Cl2N3O. The van der Waals surface area contributed by atoms with Crippen LogP contribution in [0.1, 0.15) is 26.7 Å². The fourth-order valence-corrected chi connectivity index (χ4v) is 2.98. The Morgan fingerprint density at radius 3 is 2.40 bits per heavy atom. The zero-order chi connectivity index (χ0) is 13.3. The van der Waals surface area contributed by atoms with Gasteiger partial charge in [-0.2, -0.15) is 0 Å². The second-order valence-electron chi connectivity index (χ2n) is 6.16. The van der Waals surface area contributed by atoms with Crippen LogP contribution in [-0.2, 0) is 4.79 Å². The number of amides is 1. The maximum atomic E-state index is 12.4. The fourth-order valence-electron chi connectivity index (χ4n) is 2.98. The van der Waals surface area contributed by atoms with Gasteiger partial charge in [0.1, 0.15) is 0 Å². The molecule has 3 unspecified atom stereocenters. The summed E-state index contributed by atoms with van der Waals surface area (Å²) in [5, 5.41) is 3.25. The van der Waals surface area contributed by atoms with Crippen molar-refractivity contribution in [1.82, 2.24) is 15.1 Å². The Hall–Kier alpha value is -0.0300. The number of carbonyl (C=O) groups excluding carboxylic acids is 1. The van der Waals surface area contributed by atoms with Gasteiger partial charge in [-0.05, 0) is 45.8 Å². The van der Waals surface area contributed by atoms with Gasteiger partial charge in [0.15, 0.2) is 0 Å². The summed E-state index contributed by atoms with van der Waals surface area (Å²) in [7, 11) is 4.17. The first-order valence-electron chi connectivity index (χ1n) is 7.18. The second-order valence-corrected chi connectivity index (χ2v) is 6.16. The van der Waals surface area contributed by atoms with Gasteiger partial charge in [0, 0.05) is 31.6 Å². The second kappa shape index (κ2) is 8.42. The van der Waals surface area contributed by atoms with E-state index in [9.17, 15) is 4.79 Å². The highest BCUT2D eigenvalue weighted by Gasteiger charge is 2.34. The van der Waals surface area contributed by atoms with E-state index in [2.05, 4.69) is 31.1 Å². The van der Waals surface area contributed by atoms with E-state index in [4.69, 9.17) is 0 Å². The lowest BCUT2D eigenvalue weighted by Gasteiger charge is -2.41. The van der Waals surface area contributed by atoms with Crippen molar-refractivity contribution in [2.24, 2.45) is 11.8 Å². The third-order valence-electron chi connectivity index (χ3n) is 4.99. The van der Waals surface area contributed by atoms with Crippen LogP contribution in [0.3, 0.4) is 0 Å². The standard InChI is InChI=1S/C14H27N3O.2ClH/c1-10-7-13(5-6-16(10)3)17(4)14(18)11(2)12-8-15-9-12;;/h10-13,15H,5-9H2,1-4H3;2*1H. The van der Waals surface area contributed by atoms with Gasteiger partial charge in [-0.25, -0.2) is 0 Å². The van der Waals surface area contributed by atoms with Gasteiger partial charge in [0.2, 0.25) is 5.91 Å². The summed E-state index contributed by atoms with van der Waals surface area (Å²) in [4.78, 5) is 16.9. The summed E-state index contributed by atoms with van der Waals surface area (Å²) in [6, 6.07) is 1.01. The zero-order valence-corrected chi connectivity index (χ0v) is 14.6. The topological polar surface area (TPSA) is 35.6 Å². The van der Waals surface area contributed by atoms with Crippen LogP contribution in [0.5, 0.6) is 0 Å². The average Bonchev–Trinajstić information content (AvgIpc) is 2.28. The lowest BCUT2D eigenvalue weighted by Crippen LogP contribution is -2.53. The Labute approximate surface area is 135 Å². The SMILES string of the molecule is CC(C(=O)N(C)C1CCN(C)C(C)C1)C1CNC1.Cl.Cl. The molecule has 0 aliphatic carbocycles. The summed E-state index contributed by atoms with van der Waals surface area (Å²) in [5.74, 6) is 1.05. The van der Waals surface area contributed by atoms with Crippen molar-refractivity contribution in [3.05, 3.63) is 0 Å². The van der Waals surface area contributed by atoms with Crippen LogP contribution >= 0.6 is 24.8 Å². The van der Waals surface area contributed by atoms with Gasteiger partial charge in [-0.1, -0.05) is 6.92 Å². The predicted octanol–water partition coefficient (Wildman–Crippen LogP) is 1.63. The van der Waals surface area contributed by atoms with Gasteiger partial charge in [-0.3, -0.25) is 4.79 Å². The largest absolute Gasteiger partial charge is 0.342 e. The first-order chi connectivity index (χ1) is 8.50. The molecular weight excluding hydrogens is 297 g/mol. The zero-order valence-electron chi connectivity index (χ0n) is 13.0. The van der Waals surface area contributed by atoms with E-state index in [1.807, 2.05) is 11.9 Å².